The maximum absolute atomic E-state index is 12.6. The molecule has 2 rings (SSSR count). The van der Waals surface area contributed by atoms with E-state index in [0.29, 0.717) is 6.54 Å². The lowest BCUT2D eigenvalue weighted by Crippen LogP contribution is -2.36. The van der Waals surface area contributed by atoms with E-state index >= 15 is 0 Å². The minimum atomic E-state index is -1.07. The highest BCUT2D eigenvalue weighted by atomic mass is 32.1. The van der Waals surface area contributed by atoms with Crippen molar-refractivity contribution in [2.75, 3.05) is 0 Å². The largest absolute Gasteiger partial charge is 0.478 e. The molecule has 2 aromatic heterocycles. The summed E-state index contributed by atoms with van der Waals surface area (Å²) in [6, 6.07) is 6.59. The third kappa shape index (κ3) is 3.66. The lowest BCUT2D eigenvalue weighted by Gasteiger charge is -2.26. The summed E-state index contributed by atoms with van der Waals surface area (Å²) in [6.07, 6.45) is 1.35. The first-order valence-electron chi connectivity index (χ1n) is 6.51. The molecule has 1 amide bonds. The van der Waals surface area contributed by atoms with Crippen molar-refractivity contribution in [1.29, 1.82) is 0 Å². The molecule has 0 radical (unpaired) electrons. The molecule has 0 saturated heterocycles. The van der Waals surface area contributed by atoms with E-state index in [0.717, 1.165) is 4.88 Å². The number of carboxylic acids is 1. The summed E-state index contributed by atoms with van der Waals surface area (Å²) in [5, 5.41) is 11.0. The first-order valence-corrected chi connectivity index (χ1v) is 7.39. The highest BCUT2D eigenvalue weighted by Crippen LogP contribution is 2.16. The number of nitrogens with zero attached hydrogens (tertiary/aromatic N) is 2. The van der Waals surface area contributed by atoms with E-state index in [2.05, 4.69) is 4.98 Å². The fraction of sp³-hybridized carbons (Fsp3) is 0.267. The van der Waals surface area contributed by atoms with Crippen molar-refractivity contribution >= 4 is 23.2 Å². The number of rotatable bonds is 5. The highest BCUT2D eigenvalue weighted by Gasteiger charge is 2.21. The highest BCUT2D eigenvalue weighted by molar-refractivity contribution is 7.09. The second kappa shape index (κ2) is 6.49. The number of carbonyl (C=O) groups is 2. The maximum atomic E-state index is 12.6. The van der Waals surface area contributed by atoms with E-state index < -0.39 is 5.97 Å². The van der Waals surface area contributed by atoms with Crippen LogP contribution in [0, 0.1) is 0 Å². The zero-order valence-corrected chi connectivity index (χ0v) is 12.6. The Kier molecular flexibility index (Phi) is 4.70. The SMILES string of the molecule is CC(C)N(Cc1cccs1)C(=O)c1cc(C(=O)O)ccn1. The molecular formula is C15H16N2O3S. The van der Waals surface area contributed by atoms with Gasteiger partial charge in [0.1, 0.15) is 5.69 Å². The van der Waals surface area contributed by atoms with E-state index in [1.165, 1.54) is 18.3 Å². The molecule has 0 aliphatic rings. The van der Waals surface area contributed by atoms with Crippen LogP contribution in [-0.4, -0.2) is 32.9 Å². The van der Waals surface area contributed by atoms with Crippen molar-refractivity contribution in [3.8, 4) is 0 Å². The van der Waals surface area contributed by atoms with Crippen LogP contribution >= 0.6 is 11.3 Å². The van der Waals surface area contributed by atoms with Gasteiger partial charge in [-0.3, -0.25) is 9.78 Å². The van der Waals surface area contributed by atoms with Crippen LogP contribution in [0.5, 0.6) is 0 Å². The van der Waals surface area contributed by atoms with Gasteiger partial charge in [-0.05, 0) is 37.4 Å². The number of amides is 1. The van der Waals surface area contributed by atoms with Crippen LogP contribution in [0.25, 0.3) is 0 Å². The van der Waals surface area contributed by atoms with Gasteiger partial charge in [0.2, 0.25) is 0 Å². The average molecular weight is 304 g/mol. The Balaban J connectivity index is 2.26. The van der Waals surface area contributed by atoms with Gasteiger partial charge in [-0.15, -0.1) is 11.3 Å². The topological polar surface area (TPSA) is 70.5 Å². The summed E-state index contributed by atoms with van der Waals surface area (Å²) in [4.78, 5) is 30.3. The van der Waals surface area contributed by atoms with E-state index in [4.69, 9.17) is 5.11 Å². The van der Waals surface area contributed by atoms with E-state index in [9.17, 15) is 9.59 Å². The molecule has 0 atom stereocenters. The molecule has 6 heteroatoms. The molecule has 110 valence electrons. The van der Waals surface area contributed by atoms with Crippen LogP contribution in [-0.2, 0) is 6.54 Å². The number of hydrogen-bond acceptors (Lipinski definition) is 4. The van der Waals surface area contributed by atoms with Gasteiger partial charge >= 0.3 is 5.97 Å². The van der Waals surface area contributed by atoms with E-state index in [1.807, 2.05) is 31.4 Å². The Labute approximate surface area is 126 Å². The summed E-state index contributed by atoms with van der Waals surface area (Å²) in [6.45, 7) is 4.34. The minimum absolute atomic E-state index is 0.00474. The number of carboxylic acid groups (broad SMARTS) is 1. The number of hydrogen-bond donors (Lipinski definition) is 1. The summed E-state index contributed by atoms with van der Waals surface area (Å²) < 4.78 is 0. The molecule has 2 aromatic rings. The van der Waals surface area contributed by atoms with Crippen LogP contribution in [0.3, 0.4) is 0 Å². The molecule has 1 N–H and O–H groups in total. The fourth-order valence-electron chi connectivity index (χ4n) is 1.89. The quantitative estimate of drug-likeness (QED) is 0.922. The molecule has 0 unspecified atom stereocenters. The average Bonchev–Trinajstić information content (AvgIpc) is 2.97. The van der Waals surface area contributed by atoms with E-state index in [-0.39, 0.29) is 23.2 Å². The van der Waals surface area contributed by atoms with Crippen molar-refractivity contribution in [2.24, 2.45) is 0 Å². The van der Waals surface area contributed by atoms with Gasteiger partial charge in [-0.2, -0.15) is 0 Å². The van der Waals surface area contributed by atoms with Crippen molar-refractivity contribution in [3.05, 3.63) is 52.0 Å². The summed E-state index contributed by atoms with van der Waals surface area (Å²) in [5.41, 5.74) is 0.216. The number of aromatic nitrogens is 1. The van der Waals surface area contributed by atoms with Crippen LogP contribution in [0.2, 0.25) is 0 Å². The van der Waals surface area contributed by atoms with Gasteiger partial charge in [0.05, 0.1) is 12.1 Å². The van der Waals surface area contributed by atoms with Crippen LogP contribution in [0.15, 0.2) is 35.8 Å². The van der Waals surface area contributed by atoms with Crippen molar-refractivity contribution in [3.63, 3.8) is 0 Å². The molecule has 0 aromatic carbocycles. The summed E-state index contributed by atoms with van der Waals surface area (Å²) in [5.74, 6) is -1.33. The Morgan fingerprint density at radius 1 is 1.38 bits per heavy atom. The van der Waals surface area contributed by atoms with Gasteiger partial charge in [0, 0.05) is 17.1 Å². The molecule has 0 saturated carbocycles. The number of carbonyl (C=O) groups excluding carboxylic acids is 1. The van der Waals surface area contributed by atoms with Crippen molar-refractivity contribution < 1.29 is 14.7 Å². The predicted molar refractivity (Wildman–Crippen MR) is 80.5 cm³/mol. The Bertz CT molecular complexity index is 638. The van der Waals surface area contributed by atoms with Gasteiger partial charge in [0.15, 0.2) is 0 Å². The maximum Gasteiger partial charge on any atom is 0.335 e. The van der Waals surface area contributed by atoms with Gasteiger partial charge in [-0.1, -0.05) is 6.07 Å². The molecule has 0 spiro atoms. The molecule has 0 aliphatic heterocycles. The van der Waals surface area contributed by atoms with Crippen LogP contribution in [0.4, 0.5) is 0 Å². The molecule has 2 heterocycles. The second-order valence-corrected chi connectivity index (χ2v) is 5.87. The summed E-state index contributed by atoms with van der Waals surface area (Å²) >= 11 is 1.58. The smallest absolute Gasteiger partial charge is 0.335 e. The minimum Gasteiger partial charge on any atom is -0.478 e. The van der Waals surface area contributed by atoms with Crippen molar-refractivity contribution in [1.82, 2.24) is 9.88 Å². The van der Waals surface area contributed by atoms with Gasteiger partial charge in [0.25, 0.3) is 5.91 Å². The Morgan fingerprint density at radius 3 is 2.71 bits per heavy atom. The van der Waals surface area contributed by atoms with Gasteiger partial charge < -0.3 is 10.0 Å². The number of thiophene rings is 1. The fourth-order valence-corrected chi connectivity index (χ4v) is 2.59. The third-order valence-corrected chi connectivity index (χ3v) is 3.88. The first-order chi connectivity index (χ1) is 9.99. The first kappa shape index (κ1) is 15.2. The molecular weight excluding hydrogens is 288 g/mol. The molecule has 5 nitrogen and oxygen atoms in total. The van der Waals surface area contributed by atoms with Crippen LogP contribution < -0.4 is 0 Å². The zero-order chi connectivity index (χ0) is 15.4. The Morgan fingerprint density at radius 2 is 2.14 bits per heavy atom. The van der Waals surface area contributed by atoms with E-state index in [1.54, 1.807) is 16.2 Å². The van der Waals surface area contributed by atoms with Crippen molar-refractivity contribution in [2.45, 2.75) is 26.4 Å². The normalized spacial score (nSPS) is 10.6. The monoisotopic (exact) mass is 304 g/mol. The zero-order valence-electron chi connectivity index (χ0n) is 11.8. The summed E-state index contributed by atoms with van der Waals surface area (Å²) in [7, 11) is 0. The Hall–Kier alpha value is -2.21. The molecule has 0 fully saturated rings. The standard InChI is InChI=1S/C15H16N2O3S/c1-10(2)17(9-12-4-3-7-21-12)14(18)13-8-11(15(19)20)5-6-16-13/h3-8,10H,9H2,1-2H3,(H,19,20). The molecule has 21 heavy (non-hydrogen) atoms. The third-order valence-electron chi connectivity index (χ3n) is 3.02. The lowest BCUT2D eigenvalue weighted by atomic mass is 10.2. The second-order valence-electron chi connectivity index (χ2n) is 4.84. The predicted octanol–water partition coefficient (Wildman–Crippen LogP) is 2.89. The number of pyridine rings is 1. The van der Waals surface area contributed by atoms with Crippen LogP contribution in [0.1, 0.15) is 39.6 Å². The van der Waals surface area contributed by atoms with Gasteiger partial charge in [-0.25, -0.2) is 4.79 Å². The molecule has 0 aliphatic carbocycles. The number of aromatic carboxylic acids is 1. The molecule has 0 bridgehead atoms. The lowest BCUT2D eigenvalue weighted by molar-refractivity contribution is 0.0686.